The monoisotopic (exact) mass is 235 g/mol. The molecular weight excluding hydrogens is 222 g/mol. The molecule has 0 fully saturated rings. The van der Waals surface area contributed by atoms with Crippen LogP contribution in [0.2, 0.25) is 0 Å². The molecule has 0 radical (unpaired) electrons. The highest BCUT2D eigenvalue weighted by Gasteiger charge is 2.15. The second-order valence-corrected chi connectivity index (χ2v) is 4.49. The first kappa shape index (κ1) is 11.2. The second kappa shape index (κ2) is 4.71. The quantitative estimate of drug-likeness (QED) is 0.756. The number of rotatable bonds is 3. The van der Waals surface area contributed by atoms with Crippen molar-refractivity contribution in [2.24, 2.45) is 0 Å². The fourth-order valence-corrected chi connectivity index (χ4v) is 1.98. The van der Waals surface area contributed by atoms with Gasteiger partial charge in [0, 0.05) is 18.3 Å². The van der Waals surface area contributed by atoms with Gasteiger partial charge in [0.15, 0.2) is 0 Å². The van der Waals surface area contributed by atoms with Crippen LogP contribution in [0, 0.1) is 13.8 Å². The third kappa shape index (κ3) is 2.45. The van der Waals surface area contributed by atoms with E-state index in [0.717, 1.165) is 22.6 Å². The summed E-state index contributed by atoms with van der Waals surface area (Å²) in [5.41, 5.74) is 3.23. The number of aromatic nitrogens is 1. The van der Waals surface area contributed by atoms with Crippen LogP contribution < -0.4 is 0 Å². The van der Waals surface area contributed by atoms with Crippen LogP contribution in [0.1, 0.15) is 28.0 Å². The average molecular weight is 236 g/mol. The Morgan fingerprint density at radius 3 is 2.69 bits per heavy atom. The van der Waals surface area contributed by atoms with Crippen molar-refractivity contribution in [2.45, 2.75) is 25.6 Å². The molecule has 3 heteroatoms. The lowest BCUT2D eigenvalue weighted by Gasteiger charge is -2.07. The molecular formula is C13H14ClNO. The molecule has 0 bridgehead atoms. The van der Waals surface area contributed by atoms with Crippen molar-refractivity contribution in [1.82, 2.24) is 4.98 Å². The summed E-state index contributed by atoms with van der Waals surface area (Å²) in [5, 5.41) is -0.148. The zero-order chi connectivity index (χ0) is 11.5. The number of alkyl halides is 1. The van der Waals surface area contributed by atoms with Crippen molar-refractivity contribution in [2.75, 3.05) is 0 Å². The molecule has 0 saturated carbocycles. The van der Waals surface area contributed by atoms with E-state index in [1.165, 1.54) is 0 Å². The Morgan fingerprint density at radius 2 is 2.12 bits per heavy atom. The van der Waals surface area contributed by atoms with E-state index in [1.54, 1.807) is 6.26 Å². The SMILES string of the molecule is Cc1ccc(CC(Cl)c2occc2C)nc1. The van der Waals surface area contributed by atoms with Crippen LogP contribution in [0.3, 0.4) is 0 Å². The summed E-state index contributed by atoms with van der Waals surface area (Å²) >= 11 is 6.29. The molecule has 0 aliphatic rings. The van der Waals surface area contributed by atoms with Gasteiger partial charge in [-0.1, -0.05) is 6.07 Å². The molecule has 0 aliphatic heterocycles. The van der Waals surface area contributed by atoms with Crippen LogP contribution in [-0.2, 0) is 6.42 Å². The summed E-state index contributed by atoms with van der Waals surface area (Å²) in [6.07, 6.45) is 4.22. The van der Waals surface area contributed by atoms with Crippen molar-refractivity contribution in [3.63, 3.8) is 0 Å². The predicted molar refractivity (Wildman–Crippen MR) is 64.7 cm³/mol. The lowest BCUT2D eigenvalue weighted by atomic mass is 10.1. The number of pyridine rings is 1. The standard InChI is InChI=1S/C13H14ClNO/c1-9-3-4-11(15-8-9)7-12(14)13-10(2)5-6-16-13/h3-6,8,12H,7H2,1-2H3. The summed E-state index contributed by atoms with van der Waals surface area (Å²) in [4.78, 5) is 4.33. The van der Waals surface area contributed by atoms with E-state index < -0.39 is 0 Å². The lowest BCUT2D eigenvalue weighted by molar-refractivity contribution is 0.498. The van der Waals surface area contributed by atoms with Crippen LogP contribution in [-0.4, -0.2) is 4.98 Å². The van der Waals surface area contributed by atoms with Gasteiger partial charge in [-0.15, -0.1) is 11.6 Å². The maximum atomic E-state index is 6.29. The average Bonchev–Trinajstić information content (AvgIpc) is 2.68. The Bertz CT molecular complexity index is 461. The maximum Gasteiger partial charge on any atom is 0.124 e. The Kier molecular flexibility index (Phi) is 3.30. The number of halogens is 1. The Labute approximate surface area is 100 Å². The normalized spacial score (nSPS) is 12.7. The molecule has 1 atom stereocenters. The molecule has 0 aromatic carbocycles. The first-order valence-electron chi connectivity index (χ1n) is 5.26. The molecule has 2 aromatic heterocycles. The number of furan rings is 1. The topological polar surface area (TPSA) is 26.0 Å². The first-order chi connectivity index (χ1) is 7.66. The summed E-state index contributed by atoms with van der Waals surface area (Å²) in [7, 11) is 0. The molecule has 84 valence electrons. The second-order valence-electron chi connectivity index (χ2n) is 3.97. The molecule has 0 aliphatic carbocycles. The molecule has 0 spiro atoms. The Morgan fingerprint density at radius 1 is 1.31 bits per heavy atom. The van der Waals surface area contributed by atoms with Gasteiger partial charge in [-0.2, -0.15) is 0 Å². The maximum absolute atomic E-state index is 6.29. The number of hydrogen-bond acceptors (Lipinski definition) is 2. The van der Waals surface area contributed by atoms with Crippen molar-refractivity contribution >= 4 is 11.6 Å². The molecule has 0 N–H and O–H groups in total. The summed E-state index contributed by atoms with van der Waals surface area (Å²) in [5.74, 6) is 0.837. The highest BCUT2D eigenvalue weighted by atomic mass is 35.5. The van der Waals surface area contributed by atoms with Crippen LogP contribution in [0.15, 0.2) is 35.1 Å². The van der Waals surface area contributed by atoms with Gasteiger partial charge in [0.2, 0.25) is 0 Å². The number of hydrogen-bond donors (Lipinski definition) is 0. The van der Waals surface area contributed by atoms with E-state index in [4.69, 9.17) is 16.0 Å². The van der Waals surface area contributed by atoms with Crippen LogP contribution in [0.4, 0.5) is 0 Å². The Hall–Kier alpha value is -1.28. The van der Waals surface area contributed by atoms with Crippen molar-refractivity contribution < 1.29 is 4.42 Å². The van der Waals surface area contributed by atoms with E-state index in [1.807, 2.05) is 38.2 Å². The molecule has 2 rings (SSSR count). The molecule has 0 amide bonds. The molecule has 2 aromatic rings. The van der Waals surface area contributed by atoms with E-state index >= 15 is 0 Å². The van der Waals surface area contributed by atoms with Gasteiger partial charge in [0.1, 0.15) is 5.76 Å². The summed E-state index contributed by atoms with van der Waals surface area (Å²) < 4.78 is 5.36. The molecule has 16 heavy (non-hydrogen) atoms. The Balaban J connectivity index is 2.10. The van der Waals surface area contributed by atoms with Gasteiger partial charge in [-0.3, -0.25) is 4.98 Å². The fourth-order valence-electron chi connectivity index (χ4n) is 1.60. The van der Waals surface area contributed by atoms with Crippen molar-refractivity contribution in [3.05, 3.63) is 53.2 Å². The smallest absolute Gasteiger partial charge is 0.124 e. The van der Waals surface area contributed by atoms with Gasteiger partial charge in [-0.25, -0.2) is 0 Å². The molecule has 0 saturated heterocycles. The molecule has 1 unspecified atom stereocenters. The predicted octanol–water partition coefficient (Wildman–Crippen LogP) is 3.81. The highest BCUT2D eigenvalue weighted by Crippen LogP contribution is 2.27. The summed E-state index contributed by atoms with van der Waals surface area (Å²) in [6, 6.07) is 5.97. The third-order valence-electron chi connectivity index (χ3n) is 2.55. The van der Waals surface area contributed by atoms with Gasteiger partial charge >= 0.3 is 0 Å². The minimum atomic E-state index is -0.148. The lowest BCUT2D eigenvalue weighted by Crippen LogP contribution is -1.98. The van der Waals surface area contributed by atoms with Gasteiger partial charge in [0.05, 0.1) is 11.6 Å². The third-order valence-corrected chi connectivity index (χ3v) is 2.90. The molecule has 2 nitrogen and oxygen atoms in total. The summed E-state index contributed by atoms with van der Waals surface area (Å²) in [6.45, 7) is 4.02. The zero-order valence-corrected chi connectivity index (χ0v) is 10.2. The van der Waals surface area contributed by atoms with E-state index in [-0.39, 0.29) is 5.38 Å². The minimum Gasteiger partial charge on any atom is -0.467 e. The van der Waals surface area contributed by atoms with Gasteiger partial charge in [0.25, 0.3) is 0 Å². The minimum absolute atomic E-state index is 0.148. The zero-order valence-electron chi connectivity index (χ0n) is 9.40. The van der Waals surface area contributed by atoms with E-state index in [0.29, 0.717) is 6.42 Å². The molecule has 2 heterocycles. The van der Waals surface area contributed by atoms with Gasteiger partial charge in [-0.05, 0) is 37.1 Å². The van der Waals surface area contributed by atoms with Crippen LogP contribution in [0.25, 0.3) is 0 Å². The van der Waals surface area contributed by atoms with E-state index in [9.17, 15) is 0 Å². The van der Waals surface area contributed by atoms with Gasteiger partial charge < -0.3 is 4.42 Å². The largest absolute Gasteiger partial charge is 0.467 e. The number of nitrogens with zero attached hydrogens (tertiary/aromatic N) is 1. The first-order valence-corrected chi connectivity index (χ1v) is 5.70. The fraction of sp³-hybridized carbons (Fsp3) is 0.308. The van der Waals surface area contributed by atoms with Crippen LogP contribution in [0.5, 0.6) is 0 Å². The highest BCUT2D eigenvalue weighted by molar-refractivity contribution is 6.20. The number of aryl methyl sites for hydroxylation is 2. The van der Waals surface area contributed by atoms with E-state index in [2.05, 4.69) is 4.98 Å². The van der Waals surface area contributed by atoms with Crippen LogP contribution >= 0.6 is 11.6 Å². The van der Waals surface area contributed by atoms with Crippen molar-refractivity contribution in [1.29, 1.82) is 0 Å². The van der Waals surface area contributed by atoms with Crippen molar-refractivity contribution in [3.8, 4) is 0 Å².